The Bertz CT molecular complexity index is 187. The van der Waals surface area contributed by atoms with Gasteiger partial charge in [0.2, 0.25) is 5.72 Å². The van der Waals surface area contributed by atoms with Gasteiger partial charge in [-0.25, -0.2) is 0 Å². The van der Waals surface area contributed by atoms with Gasteiger partial charge in [0.15, 0.2) is 0 Å². The lowest BCUT2D eigenvalue weighted by Crippen LogP contribution is -2.06. The van der Waals surface area contributed by atoms with E-state index in [0.29, 0.717) is 0 Å². The maximum Gasteiger partial charge on any atom is 0.253 e. The van der Waals surface area contributed by atoms with Crippen LogP contribution in [0, 0.1) is 0 Å². The van der Waals surface area contributed by atoms with Gasteiger partial charge in [-0.1, -0.05) is 28.3 Å². The smallest absolute Gasteiger partial charge is 0.253 e. The van der Waals surface area contributed by atoms with Crippen LogP contribution in [0.2, 0.25) is 0 Å². The molecule has 0 N–H and O–H groups in total. The molecule has 4 nitrogen and oxygen atoms in total. The van der Waals surface area contributed by atoms with Gasteiger partial charge in [0.25, 0.3) is 4.52 Å². The van der Waals surface area contributed by atoms with Crippen LogP contribution in [0.1, 0.15) is 6.92 Å². The number of azide groups is 1. The highest BCUT2D eigenvalue weighted by Crippen LogP contribution is 2.55. The fraction of sp³-hybridized carbons (Fsp3) is 1.00. The molecule has 0 aromatic carbocycles. The second-order valence-electron chi connectivity index (χ2n) is 1.79. The standard InChI is InChI=1S/C3H3Cl2N3O/c1-2(7-8-6)3(4,5)9-2/h1H3. The minimum atomic E-state index is -1.32. The minimum absolute atomic E-state index is 1.06. The molecule has 0 aromatic rings. The molecule has 1 heterocycles. The van der Waals surface area contributed by atoms with E-state index in [4.69, 9.17) is 28.7 Å². The van der Waals surface area contributed by atoms with Crippen LogP contribution in [0.25, 0.3) is 10.4 Å². The molecule has 1 rings (SSSR count). The van der Waals surface area contributed by atoms with E-state index in [0.717, 1.165) is 0 Å². The van der Waals surface area contributed by atoms with E-state index in [-0.39, 0.29) is 0 Å². The molecule has 0 bridgehead atoms. The predicted octanol–water partition coefficient (Wildman–Crippen LogP) is 2.17. The summed E-state index contributed by atoms with van der Waals surface area (Å²) in [4.78, 5) is 2.50. The lowest BCUT2D eigenvalue weighted by Gasteiger charge is -1.91. The van der Waals surface area contributed by atoms with E-state index in [1.54, 1.807) is 0 Å². The van der Waals surface area contributed by atoms with E-state index in [1.807, 2.05) is 0 Å². The van der Waals surface area contributed by atoms with Crippen molar-refractivity contribution >= 4 is 23.2 Å². The molecule has 0 radical (unpaired) electrons. The van der Waals surface area contributed by atoms with Gasteiger partial charge in [0.1, 0.15) is 0 Å². The van der Waals surface area contributed by atoms with Crippen molar-refractivity contribution in [2.45, 2.75) is 17.2 Å². The highest BCUT2D eigenvalue weighted by Gasteiger charge is 2.66. The second-order valence-corrected chi connectivity index (χ2v) is 3.05. The SMILES string of the molecule is CC1(N=[N+]=[N-])OC1(Cl)Cl. The Balaban J connectivity index is 2.73. The average molecular weight is 168 g/mol. The topological polar surface area (TPSA) is 61.3 Å². The summed E-state index contributed by atoms with van der Waals surface area (Å²) >= 11 is 10.8. The summed E-state index contributed by atoms with van der Waals surface area (Å²) in [5.41, 5.74) is 6.87. The number of halogens is 2. The van der Waals surface area contributed by atoms with Crippen molar-refractivity contribution < 1.29 is 4.74 Å². The van der Waals surface area contributed by atoms with Crippen LogP contribution in [0.3, 0.4) is 0 Å². The Hall–Kier alpha value is -0.150. The molecule has 50 valence electrons. The van der Waals surface area contributed by atoms with E-state index in [2.05, 4.69) is 14.8 Å². The van der Waals surface area contributed by atoms with Crippen LogP contribution in [0.15, 0.2) is 5.11 Å². The van der Waals surface area contributed by atoms with Gasteiger partial charge in [-0.05, 0) is 12.5 Å². The summed E-state index contributed by atoms with van der Waals surface area (Å²) in [6, 6.07) is 0. The van der Waals surface area contributed by atoms with E-state index in [9.17, 15) is 0 Å². The zero-order chi connectivity index (χ0) is 7.12. The predicted molar refractivity (Wildman–Crippen MR) is 33.1 cm³/mol. The average Bonchev–Trinajstić information content (AvgIpc) is 2.07. The molecule has 1 saturated heterocycles. The van der Waals surface area contributed by atoms with Crippen LogP contribution >= 0.6 is 23.2 Å². The first-order chi connectivity index (χ1) is 4.02. The maximum absolute atomic E-state index is 7.94. The molecule has 1 fully saturated rings. The Morgan fingerprint density at radius 3 is 2.22 bits per heavy atom. The third-order valence-electron chi connectivity index (χ3n) is 1.06. The molecule has 0 saturated carbocycles. The quantitative estimate of drug-likeness (QED) is 0.194. The Morgan fingerprint density at radius 1 is 1.67 bits per heavy atom. The summed E-state index contributed by atoms with van der Waals surface area (Å²) in [6.45, 7) is 1.51. The molecule has 0 amide bonds. The number of hydrogen-bond donors (Lipinski definition) is 0. The number of rotatable bonds is 1. The van der Waals surface area contributed by atoms with Crippen molar-refractivity contribution in [2.75, 3.05) is 0 Å². The number of ether oxygens (including phenoxy) is 1. The van der Waals surface area contributed by atoms with Crippen LogP contribution in [0.4, 0.5) is 0 Å². The van der Waals surface area contributed by atoms with Gasteiger partial charge in [-0.3, -0.25) is 0 Å². The number of nitrogens with zero attached hydrogens (tertiary/aromatic N) is 3. The highest BCUT2D eigenvalue weighted by molar-refractivity contribution is 6.50. The molecule has 1 aliphatic rings. The molecule has 6 heteroatoms. The van der Waals surface area contributed by atoms with Gasteiger partial charge in [0, 0.05) is 4.91 Å². The lowest BCUT2D eigenvalue weighted by atomic mass is 10.4. The van der Waals surface area contributed by atoms with Crippen LogP contribution in [-0.4, -0.2) is 10.2 Å². The van der Waals surface area contributed by atoms with E-state index < -0.39 is 10.2 Å². The van der Waals surface area contributed by atoms with Crippen molar-refractivity contribution in [3.63, 3.8) is 0 Å². The van der Waals surface area contributed by atoms with Gasteiger partial charge in [0.05, 0.1) is 0 Å². The summed E-state index contributed by atoms with van der Waals surface area (Å²) in [5, 5.41) is 3.22. The van der Waals surface area contributed by atoms with E-state index >= 15 is 0 Å². The molecule has 1 atom stereocenters. The maximum atomic E-state index is 7.94. The summed E-state index contributed by atoms with van der Waals surface area (Å²) < 4.78 is 3.32. The summed E-state index contributed by atoms with van der Waals surface area (Å²) in [7, 11) is 0. The molecular weight excluding hydrogens is 165 g/mol. The minimum Gasteiger partial charge on any atom is -0.326 e. The molecule has 0 aliphatic carbocycles. The van der Waals surface area contributed by atoms with Crippen LogP contribution < -0.4 is 0 Å². The third kappa shape index (κ3) is 0.946. The van der Waals surface area contributed by atoms with E-state index in [1.165, 1.54) is 6.92 Å². The van der Waals surface area contributed by atoms with Gasteiger partial charge in [-0.15, -0.1) is 0 Å². The van der Waals surface area contributed by atoms with Gasteiger partial charge in [-0.2, -0.15) is 0 Å². The zero-order valence-electron chi connectivity index (χ0n) is 4.51. The van der Waals surface area contributed by atoms with Gasteiger partial charge < -0.3 is 4.74 Å². The zero-order valence-corrected chi connectivity index (χ0v) is 6.02. The molecule has 1 unspecified atom stereocenters. The van der Waals surface area contributed by atoms with Gasteiger partial charge >= 0.3 is 0 Å². The fourth-order valence-corrected chi connectivity index (χ4v) is 0.764. The highest BCUT2D eigenvalue weighted by atomic mass is 35.5. The lowest BCUT2D eigenvalue weighted by molar-refractivity contribution is 0.321. The van der Waals surface area contributed by atoms with Crippen LogP contribution in [-0.2, 0) is 4.74 Å². The van der Waals surface area contributed by atoms with Crippen LogP contribution in [0.5, 0.6) is 0 Å². The normalized spacial score (nSPS) is 37.2. The van der Waals surface area contributed by atoms with Crippen molar-refractivity contribution in [3.05, 3.63) is 10.4 Å². The first kappa shape index (κ1) is 6.96. The summed E-state index contributed by atoms with van der Waals surface area (Å²) in [6.07, 6.45) is 0. The molecule has 1 aliphatic heterocycles. The number of epoxide rings is 1. The fourth-order valence-electron chi connectivity index (χ4n) is 0.388. The Morgan fingerprint density at radius 2 is 2.11 bits per heavy atom. The van der Waals surface area contributed by atoms with Crippen molar-refractivity contribution in [1.29, 1.82) is 0 Å². The van der Waals surface area contributed by atoms with Crippen molar-refractivity contribution in [2.24, 2.45) is 5.11 Å². The largest absolute Gasteiger partial charge is 0.326 e. The first-order valence-corrected chi connectivity index (χ1v) is 2.92. The Labute approximate surface area is 61.3 Å². The number of alkyl halides is 2. The monoisotopic (exact) mass is 167 g/mol. The number of hydrogen-bond acceptors (Lipinski definition) is 2. The molecule has 0 spiro atoms. The first-order valence-electron chi connectivity index (χ1n) is 2.16. The van der Waals surface area contributed by atoms with Crippen molar-refractivity contribution in [3.8, 4) is 0 Å². The van der Waals surface area contributed by atoms with Crippen molar-refractivity contribution in [1.82, 2.24) is 0 Å². The molecule has 0 aromatic heterocycles. The second kappa shape index (κ2) is 1.67. The third-order valence-corrected chi connectivity index (χ3v) is 1.92. The summed E-state index contributed by atoms with van der Waals surface area (Å²) in [5.74, 6) is 0. The molecule has 9 heavy (non-hydrogen) atoms. The molecular formula is C3H3Cl2N3O. The Kier molecular flexibility index (Phi) is 1.29.